The zero-order valence-corrected chi connectivity index (χ0v) is 16.1. The SMILES string of the molecule is CCCCCO[C@@H]1CO[C@H]2c3ccc(-c4ccc(F)c(F)c4)cc3OC[C@@H]2C1. The highest BCUT2D eigenvalue weighted by Gasteiger charge is 2.38. The number of unbranched alkanes of at least 4 members (excludes halogenated alkanes) is 2. The lowest BCUT2D eigenvalue weighted by molar-refractivity contribution is -0.130. The second-order valence-corrected chi connectivity index (χ2v) is 7.64. The first-order chi connectivity index (χ1) is 13.7. The third-order valence-corrected chi connectivity index (χ3v) is 5.58. The van der Waals surface area contributed by atoms with Gasteiger partial charge in [-0.25, -0.2) is 8.78 Å². The van der Waals surface area contributed by atoms with Crippen LogP contribution in [0, 0.1) is 17.6 Å². The Morgan fingerprint density at radius 1 is 1.00 bits per heavy atom. The van der Waals surface area contributed by atoms with Crippen molar-refractivity contribution in [3.05, 3.63) is 53.6 Å². The number of rotatable bonds is 6. The number of ether oxygens (including phenoxy) is 3. The topological polar surface area (TPSA) is 27.7 Å². The molecule has 2 aliphatic rings. The number of hydrogen-bond acceptors (Lipinski definition) is 3. The van der Waals surface area contributed by atoms with Gasteiger partial charge in [0.2, 0.25) is 0 Å². The minimum atomic E-state index is -0.850. The molecule has 0 aliphatic carbocycles. The molecule has 3 nitrogen and oxygen atoms in total. The van der Waals surface area contributed by atoms with E-state index in [-0.39, 0.29) is 18.1 Å². The van der Waals surface area contributed by atoms with Gasteiger partial charge in [0, 0.05) is 18.1 Å². The summed E-state index contributed by atoms with van der Waals surface area (Å²) in [6.45, 7) is 4.14. The lowest BCUT2D eigenvalue weighted by Crippen LogP contribution is -2.39. The second-order valence-electron chi connectivity index (χ2n) is 7.64. The van der Waals surface area contributed by atoms with Crippen LogP contribution < -0.4 is 4.74 Å². The van der Waals surface area contributed by atoms with Gasteiger partial charge in [-0.2, -0.15) is 0 Å². The average Bonchev–Trinajstić information content (AvgIpc) is 2.72. The van der Waals surface area contributed by atoms with Crippen molar-refractivity contribution in [3.63, 3.8) is 0 Å². The lowest BCUT2D eigenvalue weighted by Gasteiger charge is -2.40. The summed E-state index contributed by atoms with van der Waals surface area (Å²) in [5.74, 6) is -0.669. The summed E-state index contributed by atoms with van der Waals surface area (Å²) in [7, 11) is 0. The molecule has 0 radical (unpaired) electrons. The molecule has 1 fully saturated rings. The standard InChI is InChI=1S/C23H26F2O3/c1-2-3-4-9-26-18-10-17-13-27-22-12-16(5-7-19(22)23(17)28-14-18)15-6-8-20(24)21(25)11-15/h5-8,11-12,17-18,23H,2-4,9-10,13-14H2,1H3/t17-,18-,23+/m0/s1. The highest BCUT2D eigenvalue weighted by molar-refractivity contribution is 5.66. The van der Waals surface area contributed by atoms with Gasteiger partial charge in [-0.15, -0.1) is 0 Å². The van der Waals surface area contributed by atoms with Crippen molar-refractivity contribution in [2.45, 2.75) is 44.8 Å². The van der Waals surface area contributed by atoms with E-state index in [1.54, 1.807) is 6.07 Å². The Morgan fingerprint density at radius 3 is 2.64 bits per heavy atom. The molecule has 5 heteroatoms. The van der Waals surface area contributed by atoms with Gasteiger partial charge in [-0.3, -0.25) is 0 Å². The van der Waals surface area contributed by atoms with Crippen molar-refractivity contribution in [2.75, 3.05) is 19.8 Å². The van der Waals surface area contributed by atoms with Gasteiger partial charge in [0.25, 0.3) is 0 Å². The highest BCUT2D eigenvalue weighted by atomic mass is 19.2. The maximum absolute atomic E-state index is 13.6. The zero-order chi connectivity index (χ0) is 19.5. The van der Waals surface area contributed by atoms with E-state index in [1.165, 1.54) is 18.9 Å². The molecule has 3 atom stereocenters. The summed E-state index contributed by atoms with van der Waals surface area (Å²) >= 11 is 0. The van der Waals surface area contributed by atoms with E-state index in [4.69, 9.17) is 14.2 Å². The molecule has 0 amide bonds. The molecule has 2 heterocycles. The Kier molecular flexibility index (Phi) is 5.93. The van der Waals surface area contributed by atoms with Crippen LogP contribution in [0.4, 0.5) is 8.78 Å². The van der Waals surface area contributed by atoms with E-state index in [1.807, 2.05) is 18.2 Å². The lowest BCUT2D eigenvalue weighted by atomic mass is 9.86. The van der Waals surface area contributed by atoms with Crippen molar-refractivity contribution in [3.8, 4) is 16.9 Å². The molecular formula is C23H26F2O3. The molecule has 0 N–H and O–H groups in total. The largest absolute Gasteiger partial charge is 0.493 e. The number of hydrogen-bond donors (Lipinski definition) is 0. The van der Waals surface area contributed by atoms with Crippen LogP contribution in [0.5, 0.6) is 5.75 Å². The van der Waals surface area contributed by atoms with Crippen molar-refractivity contribution < 1.29 is 23.0 Å². The van der Waals surface area contributed by atoms with Gasteiger partial charge < -0.3 is 14.2 Å². The van der Waals surface area contributed by atoms with Crippen molar-refractivity contribution in [2.24, 2.45) is 5.92 Å². The number of fused-ring (bicyclic) bond motifs is 3. The van der Waals surface area contributed by atoms with Crippen LogP contribution in [-0.4, -0.2) is 25.9 Å². The van der Waals surface area contributed by atoms with Gasteiger partial charge in [0.1, 0.15) is 5.75 Å². The summed E-state index contributed by atoms with van der Waals surface area (Å²) in [4.78, 5) is 0. The number of halogens is 2. The van der Waals surface area contributed by atoms with Crippen LogP contribution >= 0.6 is 0 Å². The fourth-order valence-corrected chi connectivity index (χ4v) is 4.04. The summed E-state index contributed by atoms with van der Waals surface area (Å²) in [5, 5.41) is 0. The second kappa shape index (κ2) is 8.58. The van der Waals surface area contributed by atoms with Crippen molar-refractivity contribution in [1.29, 1.82) is 0 Å². The Labute approximate surface area is 164 Å². The van der Waals surface area contributed by atoms with Crippen LogP contribution in [0.15, 0.2) is 36.4 Å². The van der Waals surface area contributed by atoms with Crippen LogP contribution in [0.3, 0.4) is 0 Å². The molecule has 4 rings (SSSR count). The summed E-state index contributed by atoms with van der Waals surface area (Å²) in [6, 6.07) is 9.70. The van der Waals surface area contributed by atoms with Crippen molar-refractivity contribution in [1.82, 2.24) is 0 Å². The third-order valence-electron chi connectivity index (χ3n) is 5.58. The molecule has 2 aromatic rings. The van der Waals surface area contributed by atoms with E-state index in [0.717, 1.165) is 42.4 Å². The molecule has 0 spiro atoms. The van der Waals surface area contributed by atoms with Crippen molar-refractivity contribution >= 4 is 0 Å². The van der Waals surface area contributed by atoms with E-state index < -0.39 is 11.6 Å². The summed E-state index contributed by atoms with van der Waals surface area (Å²) in [5.41, 5.74) is 2.44. The Hall–Kier alpha value is -1.98. The first-order valence-corrected chi connectivity index (χ1v) is 10.1. The molecule has 0 aromatic heterocycles. The zero-order valence-electron chi connectivity index (χ0n) is 16.1. The normalized spacial score (nSPS) is 23.6. The molecule has 2 aromatic carbocycles. The molecule has 0 unspecified atom stereocenters. The molecule has 2 aliphatic heterocycles. The Morgan fingerprint density at radius 2 is 1.82 bits per heavy atom. The monoisotopic (exact) mass is 388 g/mol. The first-order valence-electron chi connectivity index (χ1n) is 10.1. The average molecular weight is 388 g/mol. The summed E-state index contributed by atoms with van der Waals surface area (Å²) < 4.78 is 44.9. The maximum atomic E-state index is 13.6. The van der Waals surface area contributed by atoms with Gasteiger partial charge >= 0.3 is 0 Å². The van der Waals surface area contributed by atoms with Crippen LogP contribution in [0.2, 0.25) is 0 Å². The van der Waals surface area contributed by atoms with E-state index >= 15 is 0 Å². The maximum Gasteiger partial charge on any atom is 0.159 e. The Bertz CT molecular complexity index is 823. The van der Waals surface area contributed by atoms with Gasteiger partial charge in [0.05, 0.1) is 25.4 Å². The molecule has 1 saturated heterocycles. The summed E-state index contributed by atoms with van der Waals surface area (Å²) in [6.07, 6.45) is 4.53. The van der Waals surface area contributed by atoms with Gasteiger partial charge in [-0.05, 0) is 42.2 Å². The third kappa shape index (κ3) is 4.06. The van der Waals surface area contributed by atoms with Crippen LogP contribution in [0.1, 0.15) is 44.3 Å². The van der Waals surface area contributed by atoms with Crippen LogP contribution in [0.25, 0.3) is 11.1 Å². The fourth-order valence-electron chi connectivity index (χ4n) is 4.04. The molecule has 0 bridgehead atoms. The molecule has 150 valence electrons. The Balaban J connectivity index is 1.45. The van der Waals surface area contributed by atoms with E-state index in [9.17, 15) is 8.78 Å². The fraction of sp³-hybridized carbons (Fsp3) is 0.478. The predicted molar refractivity (Wildman–Crippen MR) is 103 cm³/mol. The molecule has 28 heavy (non-hydrogen) atoms. The van der Waals surface area contributed by atoms with Gasteiger partial charge in [0.15, 0.2) is 11.6 Å². The molecule has 0 saturated carbocycles. The first kappa shape index (κ1) is 19.3. The smallest absolute Gasteiger partial charge is 0.159 e. The predicted octanol–water partition coefficient (Wildman–Crippen LogP) is 5.68. The minimum absolute atomic E-state index is 0.00162. The van der Waals surface area contributed by atoms with E-state index in [2.05, 4.69) is 6.92 Å². The van der Waals surface area contributed by atoms with Gasteiger partial charge in [-0.1, -0.05) is 38.0 Å². The quantitative estimate of drug-likeness (QED) is 0.596. The van der Waals surface area contributed by atoms with E-state index in [0.29, 0.717) is 18.8 Å². The molecular weight excluding hydrogens is 362 g/mol. The minimum Gasteiger partial charge on any atom is -0.493 e. The highest BCUT2D eigenvalue weighted by Crippen LogP contribution is 2.44. The van der Waals surface area contributed by atoms with Crippen LogP contribution in [-0.2, 0) is 9.47 Å². The number of benzene rings is 2.